The number of quaternary nitrogens is 1. The number of nitrogens with one attached hydrogen (secondary N) is 3. The highest BCUT2D eigenvalue weighted by Crippen LogP contribution is 2.41. The van der Waals surface area contributed by atoms with Crippen LogP contribution in [0.15, 0.2) is 237 Å². The number of benzene rings is 8. The molecule has 0 aromatic heterocycles. The van der Waals surface area contributed by atoms with E-state index in [9.17, 15) is 24.0 Å². The Morgan fingerprint density at radius 2 is 0.575 bits per heavy atom. The molecule has 4 heterocycles. The molecule has 0 aliphatic carbocycles. The van der Waals surface area contributed by atoms with Crippen molar-refractivity contribution >= 4 is 29.7 Å². The molecule has 3 amide bonds. The second-order valence-corrected chi connectivity index (χ2v) is 31.0. The third-order valence-corrected chi connectivity index (χ3v) is 20.8. The van der Waals surface area contributed by atoms with E-state index in [1.807, 2.05) is 233 Å². The molecule has 3 N–H and O–H groups in total. The van der Waals surface area contributed by atoms with E-state index in [4.69, 9.17) is 85.3 Å². The van der Waals surface area contributed by atoms with Crippen molar-refractivity contribution in [3.05, 3.63) is 276 Å². The molecule has 0 radical (unpaired) electrons. The Kier molecular flexibility index (Phi) is 33.2. The molecule has 4 saturated heterocycles. The number of carbonyl (C=O) groups excluding carboxylic acids is 5. The van der Waals surface area contributed by atoms with Gasteiger partial charge in [0.1, 0.15) is 90.7 Å². The average Bonchev–Trinajstić information content (AvgIpc) is 0.756. The van der Waals surface area contributed by atoms with Gasteiger partial charge in [-0.25, -0.2) is 0 Å². The minimum Gasteiger partial charge on any atom is -0.497 e. The summed E-state index contributed by atoms with van der Waals surface area (Å²) < 4.78 is 125. The molecule has 0 bridgehead atoms. The molecule has 12 rings (SSSR count). The lowest BCUT2D eigenvalue weighted by Crippen LogP contribution is -2.73. The molecule has 8 aromatic rings. The number of esters is 2. The van der Waals surface area contributed by atoms with E-state index >= 15 is 0 Å². The Bertz CT molecular complexity index is 4420. The first kappa shape index (κ1) is 89.4. The zero-order chi connectivity index (χ0) is 84.3. The highest BCUT2D eigenvalue weighted by atomic mass is 16.8. The average molecular weight is 1650 g/mol. The van der Waals surface area contributed by atoms with Crippen molar-refractivity contribution in [3.63, 3.8) is 0 Å². The molecule has 27 nitrogen and oxygen atoms in total. The fourth-order valence-electron chi connectivity index (χ4n) is 15.3. The molecular formula is C93H111N4O23+. The summed E-state index contributed by atoms with van der Waals surface area (Å²) in [7, 11) is 7.62. The SMILES string of the molecule is COc1ccc(O[C@@H]2O[C@H](COCc3ccccc3)[C@@H](O[C@@H]3O[C@H](COCc4ccccc4)[C@@H](O[C@@H]4O[C@H](COCc5ccccc5)[C@@H](O[C@@H]5O[C@H](COCc6ccccc6)[C@@H](OCc6ccccc6)[C@H](OCc6ccccc6)[C@H]5[N+](C)(C)C)[C@H](OCc5ccccc5)[C@H]4NC(C)=O)[C@H](OC(C)=O)[C@H]3NC(C)=O)[C@H](OC(C)=O)[C@H]2NC(C)=O)cc1. The van der Waals surface area contributed by atoms with Crippen molar-refractivity contribution in [2.24, 2.45) is 0 Å². The van der Waals surface area contributed by atoms with Gasteiger partial charge < -0.3 is 106 Å². The quantitative estimate of drug-likeness (QED) is 0.0238. The third kappa shape index (κ3) is 25.8. The zero-order valence-electron chi connectivity index (χ0n) is 69.2. The first-order chi connectivity index (χ1) is 58.2. The van der Waals surface area contributed by atoms with Crippen molar-refractivity contribution in [3.8, 4) is 11.5 Å². The second-order valence-electron chi connectivity index (χ2n) is 31.0. The Morgan fingerprint density at radius 1 is 0.308 bits per heavy atom. The summed E-state index contributed by atoms with van der Waals surface area (Å²) in [5.74, 6) is -2.54. The first-order valence-corrected chi connectivity index (χ1v) is 40.5. The number of nitrogens with zero attached hydrogens (tertiary/aromatic N) is 1. The van der Waals surface area contributed by atoms with Gasteiger partial charge in [-0.15, -0.1) is 0 Å². The van der Waals surface area contributed by atoms with Crippen molar-refractivity contribution in [2.75, 3.05) is 54.7 Å². The molecule has 4 fully saturated rings. The minimum atomic E-state index is -1.72. The van der Waals surface area contributed by atoms with Gasteiger partial charge in [0, 0.05) is 34.6 Å². The highest BCUT2D eigenvalue weighted by molar-refractivity contribution is 5.74. The number of carbonyl (C=O) groups is 5. The molecule has 4 aliphatic rings. The fourth-order valence-corrected chi connectivity index (χ4v) is 15.3. The van der Waals surface area contributed by atoms with Gasteiger partial charge in [0.25, 0.3) is 0 Å². The third-order valence-electron chi connectivity index (χ3n) is 20.8. The lowest BCUT2D eigenvalue weighted by Gasteiger charge is -2.53. The van der Waals surface area contributed by atoms with Crippen molar-refractivity contribution in [1.29, 1.82) is 0 Å². The van der Waals surface area contributed by atoms with Gasteiger partial charge in [0.15, 0.2) is 30.8 Å². The Balaban J connectivity index is 0.966. The fraction of sp³-hybridized carbons (Fsp3) is 0.430. The van der Waals surface area contributed by atoms with Gasteiger partial charge >= 0.3 is 11.9 Å². The summed E-state index contributed by atoms with van der Waals surface area (Å²) in [6, 6.07) is 69.0. The van der Waals surface area contributed by atoms with E-state index in [0.29, 0.717) is 11.5 Å². The number of ether oxygens (including phenoxy) is 18. The van der Waals surface area contributed by atoms with Gasteiger partial charge in [-0.2, -0.15) is 0 Å². The summed E-state index contributed by atoms with van der Waals surface area (Å²) in [6.45, 7) is 6.23. The molecule has 4 aliphatic heterocycles. The van der Waals surface area contributed by atoms with Crippen LogP contribution in [0.25, 0.3) is 0 Å². The summed E-state index contributed by atoms with van der Waals surface area (Å²) in [5.41, 5.74) is 5.95. The van der Waals surface area contributed by atoms with Crippen LogP contribution < -0.4 is 25.4 Å². The van der Waals surface area contributed by atoms with Gasteiger partial charge in [0.05, 0.1) is 101 Å². The van der Waals surface area contributed by atoms with E-state index in [-0.39, 0.29) is 77.2 Å². The summed E-state index contributed by atoms with van der Waals surface area (Å²) >= 11 is 0. The van der Waals surface area contributed by atoms with Crippen LogP contribution in [0.1, 0.15) is 73.6 Å². The molecule has 20 atom stereocenters. The molecule has 0 unspecified atom stereocenters. The van der Waals surface area contributed by atoms with Crippen LogP contribution in [0.5, 0.6) is 11.5 Å². The van der Waals surface area contributed by atoms with Gasteiger partial charge in [-0.05, 0) is 63.2 Å². The van der Waals surface area contributed by atoms with E-state index in [1.54, 1.807) is 24.3 Å². The zero-order valence-corrected chi connectivity index (χ0v) is 69.2. The predicted molar refractivity (Wildman–Crippen MR) is 438 cm³/mol. The van der Waals surface area contributed by atoms with Crippen LogP contribution in [0.4, 0.5) is 0 Å². The van der Waals surface area contributed by atoms with Crippen LogP contribution >= 0.6 is 0 Å². The number of rotatable bonds is 40. The maximum Gasteiger partial charge on any atom is 0.303 e. The maximum absolute atomic E-state index is 14.5. The van der Waals surface area contributed by atoms with Crippen LogP contribution in [0.3, 0.4) is 0 Å². The van der Waals surface area contributed by atoms with E-state index in [0.717, 1.165) is 38.9 Å². The van der Waals surface area contributed by atoms with E-state index in [1.165, 1.54) is 41.7 Å². The number of hydrogen-bond donors (Lipinski definition) is 3. The van der Waals surface area contributed by atoms with Crippen molar-refractivity contribution in [1.82, 2.24) is 16.0 Å². The lowest BCUT2D eigenvalue weighted by atomic mass is 9.92. The number of methoxy groups -OCH3 is 1. The summed E-state index contributed by atoms with van der Waals surface area (Å²) in [4.78, 5) is 70.3. The van der Waals surface area contributed by atoms with Crippen molar-refractivity contribution in [2.45, 2.75) is 203 Å². The van der Waals surface area contributed by atoms with Gasteiger partial charge in [0.2, 0.25) is 30.3 Å². The van der Waals surface area contributed by atoms with Crippen LogP contribution in [0.2, 0.25) is 0 Å². The predicted octanol–water partition coefficient (Wildman–Crippen LogP) is 10.2. The van der Waals surface area contributed by atoms with E-state index < -0.39 is 152 Å². The van der Waals surface area contributed by atoms with Crippen LogP contribution in [-0.2, 0) is 146 Å². The Hall–Kier alpha value is -9.89. The van der Waals surface area contributed by atoms with Crippen LogP contribution in [0, 0.1) is 0 Å². The first-order valence-electron chi connectivity index (χ1n) is 40.5. The number of likely N-dealkylation sites (N-methyl/N-ethyl adjacent to an activating group) is 1. The molecule has 0 saturated carbocycles. The molecule has 120 heavy (non-hydrogen) atoms. The molecule has 8 aromatic carbocycles. The topological polar surface area (TPSA) is 288 Å². The molecular weight excluding hydrogens is 1540 g/mol. The number of hydrogen-bond acceptors (Lipinski definition) is 23. The van der Waals surface area contributed by atoms with E-state index in [2.05, 4.69) is 16.0 Å². The smallest absolute Gasteiger partial charge is 0.303 e. The van der Waals surface area contributed by atoms with Crippen molar-refractivity contribution < 1.29 is 114 Å². The Labute approximate surface area is 701 Å². The largest absolute Gasteiger partial charge is 0.497 e. The summed E-state index contributed by atoms with van der Waals surface area (Å²) in [6.07, 6.45) is -20.9. The summed E-state index contributed by atoms with van der Waals surface area (Å²) in [5, 5.41) is 9.02. The van der Waals surface area contributed by atoms with Gasteiger partial charge in [-0.1, -0.05) is 212 Å². The van der Waals surface area contributed by atoms with Crippen LogP contribution in [-0.4, -0.2) is 211 Å². The maximum atomic E-state index is 14.5. The molecule has 27 heteroatoms. The normalized spacial score (nSPS) is 26.8. The molecule has 640 valence electrons. The Morgan fingerprint density at radius 3 is 0.900 bits per heavy atom. The van der Waals surface area contributed by atoms with Gasteiger partial charge in [-0.3, -0.25) is 24.0 Å². The lowest BCUT2D eigenvalue weighted by molar-refractivity contribution is -0.910. The second kappa shape index (κ2) is 44.6. The standard InChI is InChI=1S/C93H110N4O23/c1-60(98)94-78-86(109-54-70-41-27-15-28-42-70)83(120-93-81(97(6,7)8)89(110-55-71-43-29-16-30-44-71)82(108-53-69-39-25-14-26-40-69)74(117-93)56-104-49-65-31-17-10-18-32-65)75(57-105-50-66-33-19-11-20-34-66)115-91(78)118-85-77(59-107-52-68-37-23-13-24-38-68)116-92(80(96-62(3)100)88(85)112-64(5)102)119-84-76(58-106-51-67-35-21-12-22-36-67)114-90(113-73-47-45-72(103-9)46-48-73)79(95-61(2)99)87(84)111-63(4)101/h10-48,74-93H,49-59H2,1-9H3,(H2-,94,95,96,98,99,100)/p+1/t74-,75-,76-,77-,78-,79-,80-,81-,82-,83-,84-,85-,86-,87-,88-,89-,90-,91+,92+,93+/m1/s1. The monoisotopic (exact) mass is 1650 g/mol. The highest BCUT2D eigenvalue weighted by Gasteiger charge is 2.61. The minimum absolute atomic E-state index is 0.0182. The number of amides is 3. The molecule has 0 spiro atoms.